The van der Waals surface area contributed by atoms with Crippen LogP contribution in [-0.2, 0) is 0 Å². The van der Waals surface area contributed by atoms with Gasteiger partial charge >= 0.3 is 0 Å². The van der Waals surface area contributed by atoms with E-state index < -0.39 is 4.92 Å². The fourth-order valence-corrected chi connectivity index (χ4v) is 4.24. The average Bonchev–Trinajstić information content (AvgIpc) is 3.36. The molecule has 0 aliphatic heterocycles. The van der Waals surface area contributed by atoms with Crippen LogP contribution in [-0.4, -0.2) is 28.4 Å². The number of aryl methyl sites for hydroxylation is 1. The number of hydrogen-bond acceptors (Lipinski definition) is 7. The minimum absolute atomic E-state index is 0. The van der Waals surface area contributed by atoms with Gasteiger partial charge in [-0.25, -0.2) is 4.98 Å². The molecule has 1 aromatic carbocycles. The number of amides is 1. The third-order valence-corrected chi connectivity index (χ3v) is 6.06. The van der Waals surface area contributed by atoms with E-state index >= 15 is 0 Å². The Morgan fingerprint density at radius 3 is 2.85 bits per heavy atom. The summed E-state index contributed by atoms with van der Waals surface area (Å²) in [6, 6.07) is 4.44. The van der Waals surface area contributed by atoms with Gasteiger partial charge in [0.1, 0.15) is 0 Å². The normalized spacial score (nSPS) is 14.4. The summed E-state index contributed by atoms with van der Waals surface area (Å²) in [5, 5.41) is 16.0. The summed E-state index contributed by atoms with van der Waals surface area (Å²) in [5.74, 6) is 0.135. The molecule has 1 amide bonds. The third-order valence-electron chi connectivity index (χ3n) is 3.94. The maximum atomic E-state index is 12.2. The van der Waals surface area contributed by atoms with Crippen molar-refractivity contribution in [2.24, 2.45) is 11.7 Å². The number of aromatic nitrogens is 1. The first-order valence-electron chi connectivity index (χ1n) is 7.86. The number of nitro benzene ring substituents is 1. The van der Waals surface area contributed by atoms with Crippen molar-refractivity contribution in [3.05, 3.63) is 45.0 Å². The number of carbonyl (C=O) groups excluding carboxylic acids is 1. The lowest BCUT2D eigenvalue weighted by Crippen LogP contribution is -2.38. The van der Waals surface area contributed by atoms with Crippen LogP contribution in [0.1, 0.15) is 28.9 Å². The van der Waals surface area contributed by atoms with Crippen molar-refractivity contribution in [3.63, 3.8) is 0 Å². The minimum Gasteiger partial charge on any atom is -0.350 e. The maximum absolute atomic E-state index is 12.2. The van der Waals surface area contributed by atoms with Gasteiger partial charge in [-0.3, -0.25) is 14.9 Å². The molecule has 1 unspecified atom stereocenters. The summed E-state index contributed by atoms with van der Waals surface area (Å²) < 4.78 is 0.730. The second kappa shape index (κ2) is 8.81. The number of rotatable bonds is 7. The Morgan fingerprint density at radius 2 is 2.27 bits per heavy atom. The molecule has 1 fully saturated rings. The number of nitrogens with zero attached hydrogens (tertiary/aromatic N) is 2. The van der Waals surface area contributed by atoms with Gasteiger partial charge in [0.2, 0.25) is 0 Å². The topological polar surface area (TPSA) is 111 Å². The van der Waals surface area contributed by atoms with E-state index in [1.54, 1.807) is 12.1 Å². The van der Waals surface area contributed by atoms with Crippen molar-refractivity contribution in [2.75, 3.05) is 6.54 Å². The van der Waals surface area contributed by atoms with Crippen LogP contribution in [0.3, 0.4) is 0 Å². The summed E-state index contributed by atoms with van der Waals surface area (Å²) in [4.78, 5) is 27.9. The van der Waals surface area contributed by atoms with Gasteiger partial charge in [-0.05, 0) is 37.8 Å². The summed E-state index contributed by atoms with van der Waals surface area (Å²) >= 11 is 2.66. The van der Waals surface area contributed by atoms with Crippen molar-refractivity contribution in [3.8, 4) is 0 Å². The molecule has 1 aromatic heterocycles. The SMILES string of the molecule is Cc1csc(Sc2ccc(C(=O)NCC(N)C3CC3)cc2[N+](=O)[O-])n1.Cl. The van der Waals surface area contributed by atoms with Gasteiger partial charge in [0.05, 0.1) is 9.82 Å². The second-order valence-electron chi connectivity index (χ2n) is 6.01. The second-order valence-corrected chi connectivity index (χ2v) is 8.15. The van der Waals surface area contributed by atoms with Gasteiger partial charge in [0, 0.05) is 35.3 Å². The Bertz CT molecular complexity index is 811. The number of halogens is 1. The monoisotopic (exact) mass is 414 g/mol. The van der Waals surface area contributed by atoms with Crippen LogP contribution in [0, 0.1) is 23.0 Å². The first-order valence-corrected chi connectivity index (χ1v) is 9.56. The van der Waals surface area contributed by atoms with Crippen molar-refractivity contribution in [1.82, 2.24) is 10.3 Å². The molecule has 0 bridgehead atoms. The van der Waals surface area contributed by atoms with Crippen LogP contribution in [0.4, 0.5) is 5.69 Å². The highest BCUT2D eigenvalue weighted by atomic mass is 35.5. The number of nitrogens with two attached hydrogens (primary N) is 1. The van der Waals surface area contributed by atoms with Crippen molar-refractivity contribution in [1.29, 1.82) is 0 Å². The summed E-state index contributed by atoms with van der Waals surface area (Å²) in [7, 11) is 0. The van der Waals surface area contributed by atoms with Gasteiger partial charge < -0.3 is 11.1 Å². The molecular formula is C16H19ClN4O3S2. The Morgan fingerprint density at radius 1 is 1.54 bits per heavy atom. The molecule has 1 heterocycles. The van der Waals surface area contributed by atoms with E-state index in [2.05, 4.69) is 10.3 Å². The molecule has 3 N–H and O–H groups in total. The molecule has 26 heavy (non-hydrogen) atoms. The molecule has 0 saturated heterocycles. The van der Waals surface area contributed by atoms with Crippen LogP contribution in [0.25, 0.3) is 0 Å². The van der Waals surface area contributed by atoms with Gasteiger partial charge in [-0.1, -0.05) is 11.8 Å². The van der Waals surface area contributed by atoms with Gasteiger partial charge in [-0.2, -0.15) is 0 Å². The number of thiazole rings is 1. The number of nitro groups is 1. The molecule has 0 spiro atoms. The quantitative estimate of drug-likeness (QED) is 0.530. The van der Waals surface area contributed by atoms with E-state index in [1.807, 2.05) is 12.3 Å². The molecule has 1 aliphatic rings. The molecular weight excluding hydrogens is 396 g/mol. The van der Waals surface area contributed by atoms with E-state index in [4.69, 9.17) is 5.73 Å². The predicted octanol–water partition coefficient (Wildman–Crippen LogP) is 3.40. The summed E-state index contributed by atoms with van der Waals surface area (Å²) in [6.45, 7) is 2.25. The number of benzene rings is 1. The lowest BCUT2D eigenvalue weighted by molar-refractivity contribution is -0.387. The highest BCUT2D eigenvalue weighted by Gasteiger charge is 2.28. The Hall–Kier alpha value is -1.68. The lowest BCUT2D eigenvalue weighted by atomic mass is 10.1. The maximum Gasteiger partial charge on any atom is 0.284 e. The smallest absolute Gasteiger partial charge is 0.284 e. The first-order chi connectivity index (χ1) is 11.9. The average molecular weight is 415 g/mol. The molecule has 1 atom stereocenters. The van der Waals surface area contributed by atoms with E-state index in [0.717, 1.165) is 22.9 Å². The number of hydrogen-bond donors (Lipinski definition) is 2. The zero-order valence-corrected chi connectivity index (χ0v) is 16.5. The van der Waals surface area contributed by atoms with E-state index in [9.17, 15) is 14.9 Å². The summed E-state index contributed by atoms with van der Waals surface area (Å²) in [5.41, 5.74) is 7.00. The third kappa shape index (κ3) is 5.16. The van der Waals surface area contributed by atoms with Crippen molar-refractivity contribution >= 4 is 47.1 Å². The Kier molecular flexibility index (Phi) is 6.99. The molecule has 10 heteroatoms. The van der Waals surface area contributed by atoms with Crippen LogP contribution >= 0.6 is 35.5 Å². The first kappa shape index (κ1) is 20.6. The van der Waals surface area contributed by atoms with Gasteiger partial charge in [0.15, 0.2) is 4.34 Å². The number of nitrogens with one attached hydrogen (secondary N) is 1. The molecule has 0 radical (unpaired) electrons. The molecule has 140 valence electrons. The van der Waals surface area contributed by atoms with E-state index in [0.29, 0.717) is 17.4 Å². The highest BCUT2D eigenvalue weighted by Crippen LogP contribution is 2.36. The van der Waals surface area contributed by atoms with Crippen LogP contribution in [0.5, 0.6) is 0 Å². The lowest BCUT2D eigenvalue weighted by Gasteiger charge is -2.11. The Labute approximate surface area is 165 Å². The standard InChI is InChI=1S/C16H18N4O3S2.ClH/c1-9-8-24-16(19-9)25-14-5-4-11(6-13(14)20(22)23)15(21)18-7-12(17)10-2-3-10;/h4-6,8,10,12H,2-3,7,17H2,1H3,(H,18,21);1H. The molecule has 1 aliphatic carbocycles. The zero-order valence-electron chi connectivity index (χ0n) is 14.0. The predicted molar refractivity (Wildman–Crippen MR) is 104 cm³/mol. The van der Waals surface area contributed by atoms with Gasteiger partial charge in [0.25, 0.3) is 11.6 Å². The minimum atomic E-state index is -0.477. The van der Waals surface area contributed by atoms with Crippen LogP contribution in [0.15, 0.2) is 32.8 Å². The van der Waals surface area contributed by atoms with E-state index in [-0.39, 0.29) is 35.6 Å². The fraction of sp³-hybridized carbons (Fsp3) is 0.375. The molecule has 1 saturated carbocycles. The zero-order chi connectivity index (χ0) is 18.0. The highest BCUT2D eigenvalue weighted by molar-refractivity contribution is 8.01. The van der Waals surface area contributed by atoms with E-state index in [1.165, 1.54) is 29.2 Å². The Balaban J connectivity index is 0.00000243. The van der Waals surface area contributed by atoms with Crippen molar-refractivity contribution in [2.45, 2.75) is 35.0 Å². The molecule has 3 rings (SSSR count). The van der Waals surface area contributed by atoms with Crippen LogP contribution < -0.4 is 11.1 Å². The summed E-state index contributed by atoms with van der Waals surface area (Å²) in [6.07, 6.45) is 2.20. The fourth-order valence-electron chi connectivity index (χ4n) is 2.36. The molecule has 2 aromatic rings. The van der Waals surface area contributed by atoms with Crippen molar-refractivity contribution < 1.29 is 9.72 Å². The van der Waals surface area contributed by atoms with Crippen LogP contribution in [0.2, 0.25) is 0 Å². The number of carbonyl (C=O) groups is 1. The largest absolute Gasteiger partial charge is 0.350 e. The van der Waals surface area contributed by atoms with Gasteiger partial charge in [-0.15, -0.1) is 23.7 Å². The molecule has 7 nitrogen and oxygen atoms in total.